The molecule has 1 saturated heterocycles. The molecule has 0 radical (unpaired) electrons. The number of rotatable bonds is 18. The van der Waals surface area contributed by atoms with Crippen molar-refractivity contribution in [3.05, 3.63) is 83.4 Å². The van der Waals surface area contributed by atoms with Gasteiger partial charge in [0.05, 0.1) is 38.4 Å². The maximum Gasteiger partial charge on any atom is 0.422 e. The summed E-state index contributed by atoms with van der Waals surface area (Å²) in [4.78, 5) is 51.6. The fraction of sp³-hybridized carbons (Fsp3) is 0.580. The van der Waals surface area contributed by atoms with Crippen molar-refractivity contribution in [1.82, 2.24) is 30.0 Å². The fourth-order valence-electron chi connectivity index (χ4n) is 10.5. The van der Waals surface area contributed by atoms with E-state index in [4.69, 9.17) is 14.3 Å². The number of hydrogen-bond donors (Lipinski definition) is 6. The Balaban J connectivity index is 1.31. The van der Waals surface area contributed by atoms with Gasteiger partial charge in [-0.3, -0.25) is 14.4 Å². The number of carbonyl (C=O) groups is 3. The summed E-state index contributed by atoms with van der Waals surface area (Å²) in [5, 5.41) is 29.5. The quantitative estimate of drug-likeness (QED) is 0.101. The first-order chi connectivity index (χ1) is 31.8. The van der Waals surface area contributed by atoms with Gasteiger partial charge in [0.25, 0.3) is 5.91 Å². The lowest BCUT2D eigenvalue weighted by Gasteiger charge is -2.62. The Bertz CT molecular complexity index is 2370. The van der Waals surface area contributed by atoms with Crippen LogP contribution >= 0.6 is 0 Å². The highest BCUT2D eigenvalue weighted by Crippen LogP contribution is 2.61. The monoisotopic (exact) mass is 964 g/mol. The lowest BCUT2D eigenvalue weighted by atomic mass is 9.45. The van der Waals surface area contributed by atoms with Crippen molar-refractivity contribution in [1.29, 1.82) is 0 Å². The van der Waals surface area contributed by atoms with Crippen molar-refractivity contribution in [3.63, 3.8) is 0 Å². The number of carbonyl (C=O) groups excluding carboxylic acids is 3. The summed E-state index contributed by atoms with van der Waals surface area (Å²) in [5.41, 5.74) is 2.70. The summed E-state index contributed by atoms with van der Waals surface area (Å²) in [6.45, 7) is 13.2. The molecular formula is C50H73N7O10S. The molecule has 3 saturated carbocycles. The summed E-state index contributed by atoms with van der Waals surface area (Å²) in [5.74, 6) is 0.291. The van der Waals surface area contributed by atoms with Crippen LogP contribution in [0.2, 0.25) is 0 Å². The Morgan fingerprint density at radius 1 is 1.00 bits per heavy atom. The Labute approximate surface area is 402 Å². The van der Waals surface area contributed by atoms with E-state index in [1.165, 1.54) is 0 Å². The minimum Gasteiger partial charge on any atom is -0.496 e. The molecule has 3 aliphatic carbocycles. The summed E-state index contributed by atoms with van der Waals surface area (Å²) >= 11 is 0. The molecule has 3 aromatic rings. The molecule has 1 heterocycles. The van der Waals surface area contributed by atoms with Crippen molar-refractivity contribution >= 4 is 33.8 Å². The van der Waals surface area contributed by atoms with Gasteiger partial charge in [-0.1, -0.05) is 69.3 Å². The maximum atomic E-state index is 14.6. The number of nitrogens with zero attached hydrogens (tertiary/aromatic N) is 3. The van der Waals surface area contributed by atoms with Crippen LogP contribution < -0.4 is 29.7 Å². The maximum absolute atomic E-state index is 14.6. The van der Waals surface area contributed by atoms with Gasteiger partial charge < -0.3 is 40.1 Å². The average Bonchev–Trinajstić information content (AvgIpc) is 3.63. The van der Waals surface area contributed by atoms with Crippen LogP contribution in [0.4, 0.5) is 10.5 Å². The van der Waals surface area contributed by atoms with Crippen LogP contribution in [0.25, 0.3) is 11.1 Å². The van der Waals surface area contributed by atoms with E-state index >= 15 is 0 Å². The standard InChI is InChI=1S/C50H73N7O10S/c1-29-38-24-35(50(38,6)7)25-39(29)51-47(61)44-42(30(2)59)41(28-58)67-57(44)26-32-19-16-20-37(45(32)65-12)33-21-34(23-36(22-33)56(10)11)46(60)52-40(27-55(8)9)43(31-17-14-13-15-18-31)53-68(63,64)54-48(62)66-49(3,4)5/h13-23,29-30,35,38-44,53,58-59H,24-28H2,1-12H3,(H,51,61)(H,52,60)(H,54,62)/t29-,30-,35+,38-,39-,40+,41-,42-,43+,44-/m0/s1. The van der Waals surface area contributed by atoms with Crippen molar-refractivity contribution in [2.75, 3.05) is 53.4 Å². The molecule has 1 aliphatic heterocycles. The van der Waals surface area contributed by atoms with Gasteiger partial charge in [0.15, 0.2) is 0 Å². The molecule has 0 unspecified atom stereocenters. The number of aliphatic hydroxyl groups is 2. The molecule has 2 bridgehead atoms. The first-order valence-electron chi connectivity index (χ1n) is 23.4. The number of amides is 3. The van der Waals surface area contributed by atoms with E-state index in [1.807, 2.05) is 52.9 Å². The van der Waals surface area contributed by atoms with E-state index in [0.29, 0.717) is 45.5 Å². The molecule has 7 rings (SSSR count). The zero-order valence-corrected chi connectivity index (χ0v) is 42.4. The second-order valence-electron chi connectivity index (χ2n) is 20.9. The largest absolute Gasteiger partial charge is 0.496 e. The highest BCUT2D eigenvalue weighted by molar-refractivity contribution is 7.88. The second kappa shape index (κ2) is 21.0. The number of hydroxylamine groups is 2. The molecular weight excluding hydrogens is 891 g/mol. The molecule has 68 heavy (non-hydrogen) atoms. The van der Waals surface area contributed by atoms with Crippen molar-refractivity contribution in [2.45, 2.75) is 110 Å². The number of hydrogen-bond acceptors (Lipinski definition) is 13. The van der Waals surface area contributed by atoms with Crippen LogP contribution in [0.15, 0.2) is 66.7 Å². The number of benzene rings is 3. The SMILES string of the molecule is COc1c(CN2O[C@@H](CO)[C@H]([C@H](C)O)[C@H]2C(=O)N[C@H]2C[C@H]3C[C@@H]([C@@H]2C)C3(C)C)cccc1-c1cc(C(=O)N[C@H](CN(C)C)[C@H](NS(=O)(=O)NC(=O)OC(C)(C)C)c2ccccc2)cc(N(C)C)c1. The van der Waals surface area contributed by atoms with Crippen LogP contribution in [-0.4, -0.2) is 131 Å². The minimum atomic E-state index is -4.52. The van der Waals surface area contributed by atoms with E-state index in [2.05, 4.69) is 36.1 Å². The first-order valence-corrected chi connectivity index (χ1v) is 24.9. The van der Waals surface area contributed by atoms with E-state index < -0.39 is 70.7 Å². The van der Waals surface area contributed by atoms with Gasteiger partial charge in [0.1, 0.15) is 23.5 Å². The van der Waals surface area contributed by atoms with Gasteiger partial charge in [-0.05, 0) is 107 Å². The van der Waals surface area contributed by atoms with Gasteiger partial charge in [-0.2, -0.15) is 18.2 Å². The van der Waals surface area contributed by atoms with E-state index in [1.54, 1.807) is 96.4 Å². The Morgan fingerprint density at radius 3 is 2.26 bits per heavy atom. The normalized spacial score (nSPS) is 24.8. The van der Waals surface area contributed by atoms with Gasteiger partial charge in [0.2, 0.25) is 5.91 Å². The average molecular weight is 964 g/mol. The summed E-state index contributed by atoms with van der Waals surface area (Å²) in [6, 6.07) is 16.9. The number of aliphatic hydroxyl groups excluding tert-OH is 2. The smallest absolute Gasteiger partial charge is 0.422 e. The molecule has 3 amide bonds. The highest BCUT2D eigenvalue weighted by Gasteiger charge is 2.57. The van der Waals surface area contributed by atoms with E-state index in [-0.39, 0.29) is 41.9 Å². The molecule has 0 aromatic heterocycles. The third-order valence-electron chi connectivity index (χ3n) is 14.0. The van der Waals surface area contributed by atoms with Crippen LogP contribution in [-0.2, 0) is 31.1 Å². The number of fused-ring (bicyclic) bond motifs is 2. The Kier molecular flexibility index (Phi) is 16.3. The molecule has 3 aromatic carbocycles. The van der Waals surface area contributed by atoms with E-state index in [9.17, 15) is 33.0 Å². The van der Waals surface area contributed by atoms with Crippen LogP contribution in [0.5, 0.6) is 5.75 Å². The fourth-order valence-corrected chi connectivity index (χ4v) is 11.5. The van der Waals surface area contributed by atoms with Crippen LogP contribution in [0, 0.1) is 29.1 Å². The molecule has 6 N–H and O–H groups in total. The van der Waals surface area contributed by atoms with Crippen molar-refractivity contribution in [3.8, 4) is 16.9 Å². The summed E-state index contributed by atoms with van der Waals surface area (Å²) < 4.78 is 42.9. The first kappa shape index (κ1) is 52.5. The third-order valence-corrected chi connectivity index (χ3v) is 15.0. The molecule has 17 nitrogen and oxygen atoms in total. The van der Waals surface area contributed by atoms with Crippen LogP contribution in [0.1, 0.15) is 88.8 Å². The zero-order chi connectivity index (χ0) is 50.0. The highest BCUT2D eigenvalue weighted by atomic mass is 32.2. The topological polar surface area (TPSA) is 211 Å². The molecule has 4 fully saturated rings. The van der Waals surface area contributed by atoms with Crippen LogP contribution in [0.3, 0.4) is 0 Å². The molecule has 18 heteroatoms. The van der Waals surface area contributed by atoms with E-state index in [0.717, 1.165) is 12.8 Å². The van der Waals surface area contributed by atoms with Gasteiger partial charge in [-0.25, -0.2) is 9.52 Å². The molecule has 0 spiro atoms. The molecule has 10 atom stereocenters. The number of methoxy groups -OCH3 is 1. The Morgan fingerprint density at radius 2 is 1.69 bits per heavy atom. The van der Waals surface area contributed by atoms with Gasteiger partial charge in [-0.15, -0.1) is 0 Å². The van der Waals surface area contributed by atoms with Crippen molar-refractivity contribution in [2.24, 2.45) is 29.1 Å². The number of likely N-dealkylation sites (N-methyl/N-ethyl adjacent to an activating group) is 1. The second-order valence-corrected chi connectivity index (χ2v) is 22.3. The van der Waals surface area contributed by atoms with Gasteiger partial charge in [0, 0.05) is 55.0 Å². The number of nitrogens with one attached hydrogen (secondary N) is 4. The predicted molar refractivity (Wildman–Crippen MR) is 261 cm³/mol. The zero-order valence-electron chi connectivity index (χ0n) is 41.6. The predicted octanol–water partition coefficient (Wildman–Crippen LogP) is 4.85. The third kappa shape index (κ3) is 11.9. The number of para-hydroxylation sites is 1. The number of ether oxygens (including phenoxy) is 2. The lowest BCUT2D eigenvalue weighted by Crippen LogP contribution is -2.62. The Hall–Kier alpha value is -4.82. The number of anilines is 1. The summed E-state index contributed by atoms with van der Waals surface area (Å²) in [6.07, 6.45) is -0.911. The van der Waals surface area contributed by atoms with Crippen molar-refractivity contribution < 1.29 is 47.3 Å². The molecule has 4 aliphatic rings. The minimum absolute atomic E-state index is 0.0231. The van der Waals surface area contributed by atoms with Gasteiger partial charge >= 0.3 is 16.3 Å². The lowest BCUT2D eigenvalue weighted by molar-refractivity contribution is -0.183. The molecule has 374 valence electrons. The summed E-state index contributed by atoms with van der Waals surface area (Å²) in [7, 11) is 4.33.